The van der Waals surface area contributed by atoms with Gasteiger partial charge in [-0.2, -0.15) is 0 Å². The molecule has 3 heteroatoms. The predicted molar refractivity (Wildman–Crippen MR) is 66.9 cm³/mol. The van der Waals surface area contributed by atoms with Gasteiger partial charge in [0.05, 0.1) is 0 Å². The zero-order valence-electron chi connectivity index (χ0n) is 13.6. The highest BCUT2D eigenvalue weighted by Gasteiger charge is 2.31. The lowest BCUT2D eigenvalue weighted by Crippen LogP contribution is -2.22. The summed E-state index contributed by atoms with van der Waals surface area (Å²) in [6, 6.07) is 0. The molecule has 2 aliphatic carbocycles. The highest BCUT2D eigenvalue weighted by Crippen LogP contribution is 2.42. The van der Waals surface area contributed by atoms with Crippen LogP contribution in [0.5, 0.6) is 0 Å². The van der Waals surface area contributed by atoms with E-state index in [4.69, 9.17) is 4.11 Å². The summed E-state index contributed by atoms with van der Waals surface area (Å²) in [5.41, 5.74) is 0. The van der Waals surface area contributed by atoms with Gasteiger partial charge in [0, 0.05) is 10.5 Å². The summed E-state index contributed by atoms with van der Waals surface area (Å²) in [6.07, 6.45) is 2.72. The molecule has 0 N–H and O–H groups in total. The monoisotopic (exact) mass is 261 g/mol. The van der Waals surface area contributed by atoms with Crippen LogP contribution < -0.4 is 0 Å². The van der Waals surface area contributed by atoms with Gasteiger partial charge < -0.3 is 0 Å². The molecule has 0 bridgehead atoms. The highest BCUT2D eigenvalue weighted by molar-refractivity contribution is 5.27. The van der Waals surface area contributed by atoms with Gasteiger partial charge in [-0.15, -0.1) is 0 Å². The molecule has 0 aliphatic heterocycles. The molecular weight excluding hydrogens is 237 g/mol. The quantitative estimate of drug-likeness (QED) is 0.618. The minimum absolute atomic E-state index is 0.495. The van der Waals surface area contributed by atoms with E-state index in [0.29, 0.717) is 24.8 Å². The Morgan fingerprint density at radius 1 is 1.28 bits per heavy atom. The van der Waals surface area contributed by atoms with Crippen molar-refractivity contribution in [3.63, 3.8) is 0 Å². The zero-order valence-corrected chi connectivity index (χ0v) is 10.6. The van der Waals surface area contributed by atoms with Gasteiger partial charge in [0.15, 0.2) is 11.7 Å². The Bertz CT molecular complexity index is 465. The molecule has 0 aromatic heterocycles. The van der Waals surface area contributed by atoms with Gasteiger partial charge in [-0.25, -0.2) is 13.2 Å². The molecule has 0 heterocycles. The molecule has 0 radical (unpaired) electrons. The zero-order chi connectivity index (χ0) is 15.8. The molecule has 1 saturated carbocycles. The van der Waals surface area contributed by atoms with Crippen LogP contribution in [0.4, 0.5) is 13.2 Å². The molecular formula is C15H21F3. The van der Waals surface area contributed by atoms with Crippen molar-refractivity contribution in [3.8, 4) is 0 Å². The SMILES string of the molecule is [2H]C1([2H])C(F)=C(F)C(F)=CC1([2H])C1CCC(CCC)CC1. The van der Waals surface area contributed by atoms with Crippen molar-refractivity contribution in [2.75, 3.05) is 0 Å². The molecule has 1 fully saturated rings. The van der Waals surface area contributed by atoms with Gasteiger partial charge in [-0.05, 0) is 36.6 Å². The van der Waals surface area contributed by atoms with E-state index < -0.39 is 35.7 Å². The minimum Gasteiger partial charge on any atom is -0.208 e. The fourth-order valence-corrected chi connectivity index (χ4v) is 2.91. The molecule has 1 atom stereocenters. The van der Waals surface area contributed by atoms with Crippen LogP contribution in [0.3, 0.4) is 0 Å². The lowest BCUT2D eigenvalue weighted by Gasteiger charge is -2.33. The van der Waals surface area contributed by atoms with Crippen molar-refractivity contribution in [2.24, 2.45) is 17.7 Å². The summed E-state index contributed by atoms with van der Waals surface area (Å²) in [7, 11) is 0. The van der Waals surface area contributed by atoms with Crippen LogP contribution in [0.2, 0.25) is 0 Å². The molecule has 2 aliphatic rings. The van der Waals surface area contributed by atoms with Gasteiger partial charge in [-0.3, -0.25) is 0 Å². The van der Waals surface area contributed by atoms with Crippen LogP contribution in [0, 0.1) is 17.7 Å². The predicted octanol–water partition coefficient (Wildman–Crippen LogP) is 5.62. The van der Waals surface area contributed by atoms with E-state index in [0.717, 1.165) is 25.7 Å². The Morgan fingerprint density at radius 2 is 1.94 bits per heavy atom. The van der Waals surface area contributed by atoms with Crippen molar-refractivity contribution >= 4 is 0 Å². The average molecular weight is 261 g/mol. The molecule has 2 rings (SSSR count). The third-order valence-electron chi connectivity index (χ3n) is 3.92. The third kappa shape index (κ3) is 2.99. The fourth-order valence-electron chi connectivity index (χ4n) is 2.91. The number of allylic oxidation sites excluding steroid dienone is 4. The van der Waals surface area contributed by atoms with Gasteiger partial charge >= 0.3 is 0 Å². The second-order valence-corrected chi connectivity index (χ2v) is 5.21. The first-order valence-electron chi connectivity index (χ1n) is 8.18. The average Bonchev–Trinajstić information content (AvgIpc) is 2.45. The Balaban J connectivity index is 2.23. The molecule has 0 spiro atoms. The molecule has 102 valence electrons. The summed E-state index contributed by atoms with van der Waals surface area (Å²) < 4.78 is 64.4. The van der Waals surface area contributed by atoms with Gasteiger partial charge in [-0.1, -0.05) is 32.6 Å². The summed E-state index contributed by atoms with van der Waals surface area (Å²) >= 11 is 0. The van der Waals surface area contributed by atoms with Gasteiger partial charge in [0.25, 0.3) is 0 Å². The first kappa shape index (κ1) is 10.1. The second-order valence-electron chi connectivity index (χ2n) is 5.21. The van der Waals surface area contributed by atoms with Crippen LogP contribution in [-0.4, -0.2) is 0 Å². The first-order chi connectivity index (χ1) is 9.74. The highest BCUT2D eigenvalue weighted by atomic mass is 19.2. The summed E-state index contributed by atoms with van der Waals surface area (Å²) in [5.74, 6) is -7.07. The maximum Gasteiger partial charge on any atom is 0.189 e. The molecule has 0 aromatic carbocycles. The second kappa shape index (κ2) is 5.94. The number of halogens is 3. The van der Waals surface area contributed by atoms with Crippen molar-refractivity contribution in [3.05, 3.63) is 23.6 Å². The maximum atomic E-state index is 13.8. The Labute approximate surface area is 111 Å². The van der Waals surface area contributed by atoms with E-state index in [1.165, 1.54) is 0 Å². The van der Waals surface area contributed by atoms with E-state index in [1.807, 2.05) is 0 Å². The van der Waals surface area contributed by atoms with Crippen LogP contribution in [0.25, 0.3) is 0 Å². The maximum absolute atomic E-state index is 13.8. The fraction of sp³-hybridized carbons (Fsp3) is 0.733. The van der Waals surface area contributed by atoms with Crippen LogP contribution in [0.15, 0.2) is 23.6 Å². The number of hydrogen-bond acceptors (Lipinski definition) is 0. The smallest absolute Gasteiger partial charge is 0.189 e. The Kier molecular flexibility index (Phi) is 3.34. The van der Waals surface area contributed by atoms with Crippen molar-refractivity contribution in [2.45, 2.75) is 51.8 Å². The standard InChI is InChI=1S/C15H21F3/c1-2-3-10-4-6-11(7-5-10)12-8-13(16)15(18)14(17)9-12/h8,10-12H,2-7,9H2,1H3/i9D2,12D. The molecule has 0 nitrogen and oxygen atoms in total. The van der Waals surface area contributed by atoms with Crippen molar-refractivity contribution in [1.29, 1.82) is 0 Å². The van der Waals surface area contributed by atoms with E-state index in [2.05, 4.69) is 6.92 Å². The lowest BCUT2D eigenvalue weighted by molar-refractivity contribution is 0.210. The summed E-state index contributed by atoms with van der Waals surface area (Å²) in [5, 5.41) is 0. The van der Waals surface area contributed by atoms with Gasteiger partial charge in [0.2, 0.25) is 0 Å². The topological polar surface area (TPSA) is 0 Å². The Hall–Kier alpha value is -0.730. The molecule has 0 amide bonds. The largest absolute Gasteiger partial charge is 0.208 e. The van der Waals surface area contributed by atoms with Crippen LogP contribution >= 0.6 is 0 Å². The molecule has 1 unspecified atom stereocenters. The van der Waals surface area contributed by atoms with E-state index in [1.54, 1.807) is 0 Å². The molecule has 0 aromatic rings. The number of rotatable bonds is 3. The third-order valence-corrected chi connectivity index (χ3v) is 3.92. The lowest BCUT2D eigenvalue weighted by atomic mass is 9.73. The van der Waals surface area contributed by atoms with Gasteiger partial charge in [0.1, 0.15) is 5.83 Å². The minimum atomic E-state index is -2.82. The van der Waals surface area contributed by atoms with Crippen molar-refractivity contribution < 1.29 is 17.3 Å². The van der Waals surface area contributed by atoms with Crippen molar-refractivity contribution in [1.82, 2.24) is 0 Å². The first-order valence-corrected chi connectivity index (χ1v) is 6.68. The van der Waals surface area contributed by atoms with Crippen LogP contribution in [0.1, 0.15) is 55.9 Å². The normalized spacial score (nSPS) is 42.9. The number of hydrogen-bond donors (Lipinski definition) is 0. The van der Waals surface area contributed by atoms with E-state index in [-0.39, 0.29) is 0 Å². The van der Waals surface area contributed by atoms with E-state index in [9.17, 15) is 13.2 Å². The molecule has 18 heavy (non-hydrogen) atoms. The Morgan fingerprint density at radius 3 is 2.56 bits per heavy atom. The summed E-state index contributed by atoms with van der Waals surface area (Å²) in [6.45, 7) is 2.10. The summed E-state index contributed by atoms with van der Waals surface area (Å²) in [4.78, 5) is 0. The van der Waals surface area contributed by atoms with Crippen LogP contribution in [-0.2, 0) is 0 Å². The van der Waals surface area contributed by atoms with E-state index >= 15 is 0 Å². The molecule has 0 saturated heterocycles.